The Kier molecular flexibility index (Phi) is 3.90. The van der Waals surface area contributed by atoms with Gasteiger partial charge in [-0.05, 0) is 44.5 Å². The van der Waals surface area contributed by atoms with Crippen molar-refractivity contribution >= 4 is 0 Å². The minimum absolute atomic E-state index is 0.485. The largest absolute Gasteiger partial charge is 0.494 e. The first-order valence-corrected chi connectivity index (χ1v) is 6.54. The summed E-state index contributed by atoms with van der Waals surface area (Å²) in [5, 5.41) is 0. The minimum Gasteiger partial charge on any atom is -0.494 e. The summed E-state index contributed by atoms with van der Waals surface area (Å²) in [6.45, 7) is 7.19. The molecular formula is C15H21N3O. The summed E-state index contributed by atoms with van der Waals surface area (Å²) in [4.78, 5) is 4.61. The van der Waals surface area contributed by atoms with Crippen molar-refractivity contribution in [2.75, 3.05) is 6.61 Å². The van der Waals surface area contributed by atoms with Gasteiger partial charge in [0.2, 0.25) is 0 Å². The first-order chi connectivity index (χ1) is 9.08. The lowest BCUT2D eigenvalue weighted by atomic mass is 10.1. The van der Waals surface area contributed by atoms with Crippen molar-refractivity contribution in [1.82, 2.24) is 9.55 Å². The van der Waals surface area contributed by atoms with E-state index in [-0.39, 0.29) is 0 Å². The van der Waals surface area contributed by atoms with Gasteiger partial charge in [-0.2, -0.15) is 0 Å². The standard InChI is InChI=1S/C15H21N3O/c1-5-19-14-7-6-12(8-10(14)2)15-13(9-16)18(4)11(3)17-15/h6-8H,5,9,16H2,1-4H3. The molecule has 4 heteroatoms. The van der Waals surface area contributed by atoms with Crippen molar-refractivity contribution in [3.8, 4) is 17.0 Å². The molecule has 0 bridgehead atoms. The first kappa shape index (κ1) is 13.6. The monoisotopic (exact) mass is 259 g/mol. The van der Waals surface area contributed by atoms with Gasteiger partial charge in [0.25, 0.3) is 0 Å². The topological polar surface area (TPSA) is 53.1 Å². The van der Waals surface area contributed by atoms with E-state index in [9.17, 15) is 0 Å². The molecule has 1 aromatic carbocycles. The van der Waals surface area contributed by atoms with Gasteiger partial charge in [0.15, 0.2) is 0 Å². The molecule has 0 saturated carbocycles. The molecule has 0 unspecified atom stereocenters. The van der Waals surface area contributed by atoms with E-state index in [1.54, 1.807) is 0 Å². The fourth-order valence-electron chi connectivity index (χ4n) is 2.23. The highest BCUT2D eigenvalue weighted by Gasteiger charge is 2.13. The average molecular weight is 259 g/mol. The average Bonchev–Trinajstić information content (AvgIpc) is 2.68. The fraction of sp³-hybridized carbons (Fsp3) is 0.400. The molecule has 19 heavy (non-hydrogen) atoms. The lowest BCUT2D eigenvalue weighted by Crippen LogP contribution is -2.05. The van der Waals surface area contributed by atoms with E-state index in [0.29, 0.717) is 13.2 Å². The maximum Gasteiger partial charge on any atom is 0.122 e. The predicted molar refractivity (Wildman–Crippen MR) is 77.2 cm³/mol. The van der Waals surface area contributed by atoms with Gasteiger partial charge < -0.3 is 15.0 Å². The number of benzene rings is 1. The number of aromatic nitrogens is 2. The number of hydrogen-bond acceptors (Lipinski definition) is 3. The van der Waals surface area contributed by atoms with Crippen molar-refractivity contribution in [3.63, 3.8) is 0 Å². The van der Waals surface area contributed by atoms with Crippen LogP contribution in [0.5, 0.6) is 5.75 Å². The molecule has 102 valence electrons. The molecule has 4 nitrogen and oxygen atoms in total. The van der Waals surface area contributed by atoms with E-state index in [4.69, 9.17) is 10.5 Å². The molecule has 0 atom stereocenters. The Balaban J connectivity index is 2.48. The Hall–Kier alpha value is -1.81. The molecule has 0 aliphatic carbocycles. The Morgan fingerprint density at radius 2 is 2.05 bits per heavy atom. The van der Waals surface area contributed by atoms with Crippen molar-refractivity contribution < 1.29 is 4.74 Å². The molecule has 0 amide bonds. The maximum absolute atomic E-state index is 5.83. The van der Waals surface area contributed by atoms with Crippen molar-refractivity contribution in [1.29, 1.82) is 0 Å². The second kappa shape index (κ2) is 5.45. The second-order valence-corrected chi connectivity index (χ2v) is 4.63. The summed E-state index contributed by atoms with van der Waals surface area (Å²) in [5.41, 5.74) is 10.1. The number of nitrogens with zero attached hydrogens (tertiary/aromatic N) is 2. The second-order valence-electron chi connectivity index (χ2n) is 4.63. The van der Waals surface area contributed by atoms with Crippen LogP contribution in [0.4, 0.5) is 0 Å². The van der Waals surface area contributed by atoms with E-state index >= 15 is 0 Å². The molecule has 0 saturated heterocycles. The van der Waals surface area contributed by atoms with Crippen molar-refractivity contribution in [2.45, 2.75) is 27.3 Å². The number of imidazole rings is 1. The van der Waals surface area contributed by atoms with Crippen LogP contribution in [0, 0.1) is 13.8 Å². The first-order valence-electron chi connectivity index (χ1n) is 6.54. The predicted octanol–water partition coefficient (Wildman–Crippen LogP) is 2.56. The Morgan fingerprint density at radius 1 is 1.32 bits per heavy atom. The molecule has 0 aliphatic heterocycles. The van der Waals surface area contributed by atoms with Crippen LogP contribution in [0.15, 0.2) is 18.2 Å². The van der Waals surface area contributed by atoms with Crippen LogP contribution in [-0.4, -0.2) is 16.2 Å². The third-order valence-electron chi connectivity index (χ3n) is 3.38. The third kappa shape index (κ3) is 2.49. The SMILES string of the molecule is CCOc1ccc(-c2nc(C)n(C)c2CN)cc1C. The van der Waals surface area contributed by atoms with Gasteiger partial charge in [-0.25, -0.2) is 4.98 Å². The molecular weight excluding hydrogens is 238 g/mol. The van der Waals surface area contributed by atoms with Crippen LogP contribution in [0.2, 0.25) is 0 Å². The number of aryl methyl sites for hydroxylation is 2. The quantitative estimate of drug-likeness (QED) is 0.918. The number of hydrogen-bond donors (Lipinski definition) is 1. The number of rotatable bonds is 4. The molecule has 0 aliphatic rings. The molecule has 2 rings (SSSR count). The summed E-state index contributed by atoms with van der Waals surface area (Å²) >= 11 is 0. The van der Waals surface area contributed by atoms with Crippen LogP contribution >= 0.6 is 0 Å². The molecule has 2 N–H and O–H groups in total. The lowest BCUT2D eigenvalue weighted by molar-refractivity contribution is 0.338. The summed E-state index contributed by atoms with van der Waals surface area (Å²) in [6, 6.07) is 6.14. The van der Waals surface area contributed by atoms with Crippen molar-refractivity contribution in [2.24, 2.45) is 12.8 Å². The molecule has 1 aromatic heterocycles. The van der Waals surface area contributed by atoms with Crippen LogP contribution in [0.25, 0.3) is 11.3 Å². The number of ether oxygens (including phenoxy) is 1. The highest BCUT2D eigenvalue weighted by molar-refractivity contribution is 5.65. The highest BCUT2D eigenvalue weighted by Crippen LogP contribution is 2.28. The van der Waals surface area contributed by atoms with Crippen LogP contribution in [-0.2, 0) is 13.6 Å². The van der Waals surface area contributed by atoms with Gasteiger partial charge in [-0.15, -0.1) is 0 Å². The molecule has 0 fully saturated rings. The zero-order chi connectivity index (χ0) is 14.0. The van der Waals surface area contributed by atoms with E-state index in [1.165, 1.54) is 0 Å². The lowest BCUT2D eigenvalue weighted by Gasteiger charge is -2.09. The van der Waals surface area contributed by atoms with Gasteiger partial charge in [-0.1, -0.05) is 0 Å². The third-order valence-corrected chi connectivity index (χ3v) is 3.38. The molecule has 0 spiro atoms. The van der Waals surface area contributed by atoms with E-state index < -0.39 is 0 Å². The maximum atomic E-state index is 5.83. The minimum atomic E-state index is 0.485. The van der Waals surface area contributed by atoms with E-state index in [2.05, 4.69) is 11.1 Å². The van der Waals surface area contributed by atoms with Crippen LogP contribution < -0.4 is 10.5 Å². The fourth-order valence-corrected chi connectivity index (χ4v) is 2.23. The summed E-state index contributed by atoms with van der Waals surface area (Å²) in [6.07, 6.45) is 0. The van der Waals surface area contributed by atoms with Gasteiger partial charge in [-0.3, -0.25) is 0 Å². The zero-order valence-corrected chi connectivity index (χ0v) is 12.0. The number of nitrogens with two attached hydrogens (primary N) is 1. The van der Waals surface area contributed by atoms with E-state index in [0.717, 1.165) is 34.1 Å². The Labute approximate surface area is 114 Å². The molecule has 0 radical (unpaired) electrons. The summed E-state index contributed by atoms with van der Waals surface area (Å²) in [7, 11) is 2.00. The van der Waals surface area contributed by atoms with Gasteiger partial charge in [0, 0.05) is 19.2 Å². The highest BCUT2D eigenvalue weighted by atomic mass is 16.5. The summed E-state index contributed by atoms with van der Waals surface area (Å²) < 4.78 is 7.61. The van der Waals surface area contributed by atoms with Crippen molar-refractivity contribution in [3.05, 3.63) is 35.3 Å². The molecule has 2 aromatic rings. The zero-order valence-electron chi connectivity index (χ0n) is 12.0. The Morgan fingerprint density at radius 3 is 2.63 bits per heavy atom. The van der Waals surface area contributed by atoms with Gasteiger partial charge in [0.05, 0.1) is 18.0 Å². The van der Waals surface area contributed by atoms with Gasteiger partial charge in [0.1, 0.15) is 11.6 Å². The van der Waals surface area contributed by atoms with Crippen LogP contribution in [0.1, 0.15) is 24.0 Å². The van der Waals surface area contributed by atoms with Gasteiger partial charge >= 0.3 is 0 Å². The smallest absolute Gasteiger partial charge is 0.122 e. The van der Waals surface area contributed by atoms with E-state index in [1.807, 2.05) is 44.5 Å². The summed E-state index contributed by atoms with van der Waals surface area (Å²) in [5.74, 6) is 1.90. The normalized spacial score (nSPS) is 10.8. The molecule has 1 heterocycles. The Bertz CT molecular complexity index is 587. The van der Waals surface area contributed by atoms with Crippen LogP contribution in [0.3, 0.4) is 0 Å².